The Balaban J connectivity index is 1.59. The Bertz CT molecular complexity index is 405. The van der Waals surface area contributed by atoms with Gasteiger partial charge < -0.3 is 16.0 Å². The van der Waals surface area contributed by atoms with Crippen LogP contribution in [0.4, 0.5) is 4.79 Å². The molecule has 0 aliphatic carbocycles. The van der Waals surface area contributed by atoms with Gasteiger partial charge in [0.1, 0.15) is 0 Å². The van der Waals surface area contributed by atoms with Crippen molar-refractivity contribution in [2.45, 2.75) is 32.6 Å². The first-order valence-corrected chi connectivity index (χ1v) is 8.13. The molecule has 0 radical (unpaired) electrons. The number of nitrogens with one attached hydrogen (secondary N) is 3. The van der Waals surface area contributed by atoms with Crippen molar-refractivity contribution in [3.8, 4) is 0 Å². The first-order valence-electron chi connectivity index (χ1n) is 8.13. The second kappa shape index (κ2) is 8.12. The third kappa shape index (κ3) is 4.69. The standard InChI is InChI=1S/C15H26N4O3/c1-11(12-3-6-16-7-4-12)9-13(20)17-5-2-8-19-14(21)10-18-15(19)22/h11-12,16H,2-10H2,1H3,(H,17,20)(H,18,22). The number of hydrogen-bond donors (Lipinski definition) is 3. The van der Waals surface area contributed by atoms with Crippen LogP contribution in [0.1, 0.15) is 32.6 Å². The van der Waals surface area contributed by atoms with Crippen molar-refractivity contribution in [2.24, 2.45) is 11.8 Å². The normalized spacial score (nSPS) is 20.9. The summed E-state index contributed by atoms with van der Waals surface area (Å²) in [5.41, 5.74) is 0. The van der Waals surface area contributed by atoms with Gasteiger partial charge in [-0.3, -0.25) is 14.5 Å². The zero-order chi connectivity index (χ0) is 15.9. The molecule has 2 heterocycles. The van der Waals surface area contributed by atoms with Crippen molar-refractivity contribution in [1.82, 2.24) is 20.9 Å². The molecule has 0 aromatic rings. The highest BCUT2D eigenvalue weighted by atomic mass is 16.2. The number of carbonyl (C=O) groups excluding carboxylic acids is 3. The number of carbonyl (C=O) groups is 3. The molecular weight excluding hydrogens is 284 g/mol. The predicted octanol–water partition coefficient (Wildman–Crippen LogP) is 0.0703. The molecule has 2 aliphatic heterocycles. The minimum absolute atomic E-state index is 0.0585. The maximum Gasteiger partial charge on any atom is 0.324 e. The maximum absolute atomic E-state index is 11.9. The van der Waals surface area contributed by atoms with Crippen LogP contribution in [0.2, 0.25) is 0 Å². The van der Waals surface area contributed by atoms with Crippen LogP contribution in [0, 0.1) is 11.8 Å². The molecule has 124 valence electrons. The average Bonchev–Trinajstić information content (AvgIpc) is 2.83. The van der Waals surface area contributed by atoms with E-state index in [-0.39, 0.29) is 24.4 Å². The lowest BCUT2D eigenvalue weighted by Crippen LogP contribution is -2.35. The predicted molar refractivity (Wildman–Crippen MR) is 82.1 cm³/mol. The minimum Gasteiger partial charge on any atom is -0.356 e. The SMILES string of the molecule is CC(CC(=O)NCCCN1C(=O)CNC1=O)C1CCNCC1. The molecule has 0 bridgehead atoms. The van der Waals surface area contributed by atoms with Gasteiger partial charge in [-0.25, -0.2) is 4.79 Å². The fourth-order valence-corrected chi connectivity index (χ4v) is 3.09. The van der Waals surface area contributed by atoms with Crippen molar-refractivity contribution >= 4 is 17.8 Å². The molecule has 0 aromatic carbocycles. The number of urea groups is 1. The van der Waals surface area contributed by atoms with Gasteiger partial charge >= 0.3 is 6.03 Å². The van der Waals surface area contributed by atoms with Crippen LogP contribution in [0.3, 0.4) is 0 Å². The van der Waals surface area contributed by atoms with Crippen LogP contribution >= 0.6 is 0 Å². The summed E-state index contributed by atoms with van der Waals surface area (Å²) in [6.07, 6.45) is 3.42. The van der Waals surface area contributed by atoms with Crippen molar-refractivity contribution < 1.29 is 14.4 Å². The zero-order valence-corrected chi connectivity index (χ0v) is 13.2. The Hall–Kier alpha value is -1.63. The number of amides is 4. The molecule has 0 saturated carbocycles. The monoisotopic (exact) mass is 310 g/mol. The number of piperidine rings is 1. The third-order valence-corrected chi connectivity index (χ3v) is 4.51. The number of nitrogens with zero attached hydrogens (tertiary/aromatic N) is 1. The molecular formula is C15H26N4O3. The molecule has 0 aromatic heterocycles. The highest BCUT2D eigenvalue weighted by Gasteiger charge is 2.27. The van der Waals surface area contributed by atoms with E-state index in [0.29, 0.717) is 37.8 Å². The second-order valence-corrected chi connectivity index (χ2v) is 6.18. The van der Waals surface area contributed by atoms with E-state index in [1.807, 2.05) is 0 Å². The molecule has 1 unspecified atom stereocenters. The highest BCUT2D eigenvalue weighted by Crippen LogP contribution is 2.24. The van der Waals surface area contributed by atoms with E-state index in [9.17, 15) is 14.4 Å². The summed E-state index contributed by atoms with van der Waals surface area (Å²) in [5.74, 6) is 0.880. The van der Waals surface area contributed by atoms with Crippen LogP contribution in [-0.2, 0) is 9.59 Å². The molecule has 7 nitrogen and oxygen atoms in total. The summed E-state index contributed by atoms with van der Waals surface area (Å²) in [6, 6.07) is -0.337. The van der Waals surface area contributed by atoms with E-state index in [1.54, 1.807) is 0 Å². The average molecular weight is 310 g/mol. The quantitative estimate of drug-likeness (QED) is 0.458. The van der Waals surface area contributed by atoms with Crippen LogP contribution < -0.4 is 16.0 Å². The van der Waals surface area contributed by atoms with E-state index in [0.717, 1.165) is 25.9 Å². The van der Waals surface area contributed by atoms with E-state index in [4.69, 9.17) is 0 Å². The van der Waals surface area contributed by atoms with Crippen molar-refractivity contribution in [3.63, 3.8) is 0 Å². The Morgan fingerprint density at radius 3 is 2.73 bits per heavy atom. The van der Waals surface area contributed by atoms with Crippen molar-refractivity contribution in [1.29, 1.82) is 0 Å². The van der Waals surface area contributed by atoms with Gasteiger partial charge in [0, 0.05) is 19.5 Å². The van der Waals surface area contributed by atoms with Gasteiger partial charge in [-0.1, -0.05) is 6.92 Å². The van der Waals surface area contributed by atoms with Crippen molar-refractivity contribution in [2.75, 3.05) is 32.7 Å². The summed E-state index contributed by atoms with van der Waals surface area (Å²) in [7, 11) is 0. The molecule has 2 fully saturated rings. The lowest BCUT2D eigenvalue weighted by Gasteiger charge is -2.27. The van der Waals surface area contributed by atoms with Crippen LogP contribution in [0.25, 0.3) is 0 Å². The minimum atomic E-state index is -0.337. The van der Waals surface area contributed by atoms with Crippen molar-refractivity contribution in [3.05, 3.63) is 0 Å². The molecule has 2 rings (SSSR count). The summed E-state index contributed by atoms with van der Waals surface area (Å²) >= 11 is 0. The maximum atomic E-state index is 11.9. The van der Waals surface area contributed by atoms with Gasteiger partial charge in [-0.2, -0.15) is 0 Å². The Morgan fingerprint density at radius 1 is 1.36 bits per heavy atom. The van der Waals surface area contributed by atoms with E-state index >= 15 is 0 Å². The van der Waals surface area contributed by atoms with E-state index < -0.39 is 0 Å². The molecule has 3 N–H and O–H groups in total. The van der Waals surface area contributed by atoms with Crippen LogP contribution in [-0.4, -0.2) is 55.5 Å². The molecule has 1 atom stereocenters. The smallest absolute Gasteiger partial charge is 0.324 e. The molecule has 22 heavy (non-hydrogen) atoms. The first-order chi connectivity index (χ1) is 10.6. The summed E-state index contributed by atoms with van der Waals surface area (Å²) < 4.78 is 0. The van der Waals surface area contributed by atoms with Crippen LogP contribution in [0.15, 0.2) is 0 Å². The lowest BCUT2D eigenvalue weighted by atomic mass is 9.84. The zero-order valence-electron chi connectivity index (χ0n) is 13.2. The van der Waals surface area contributed by atoms with Gasteiger partial charge in [0.25, 0.3) is 0 Å². The van der Waals surface area contributed by atoms with Crippen LogP contribution in [0.5, 0.6) is 0 Å². The molecule has 7 heteroatoms. The van der Waals surface area contributed by atoms with Gasteiger partial charge in [-0.05, 0) is 44.2 Å². The van der Waals surface area contributed by atoms with E-state index in [2.05, 4.69) is 22.9 Å². The fourth-order valence-electron chi connectivity index (χ4n) is 3.09. The van der Waals surface area contributed by atoms with Gasteiger partial charge in [0.15, 0.2) is 0 Å². The fraction of sp³-hybridized carbons (Fsp3) is 0.800. The summed E-state index contributed by atoms with van der Waals surface area (Å²) in [4.78, 5) is 35.9. The summed E-state index contributed by atoms with van der Waals surface area (Å²) in [5, 5.41) is 8.69. The molecule has 0 spiro atoms. The third-order valence-electron chi connectivity index (χ3n) is 4.51. The molecule has 4 amide bonds. The van der Waals surface area contributed by atoms with Gasteiger partial charge in [-0.15, -0.1) is 0 Å². The summed E-state index contributed by atoms with van der Waals surface area (Å²) in [6.45, 7) is 5.16. The van der Waals surface area contributed by atoms with Gasteiger partial charge in [0.2, 0.25) is 11.8 Å². The van der Waals surface area contributed by atoms with E-state index in [1.165, 1.54) is 4.90 Å². The number of rotatable bonds is 7. The molecule has 2 aliphatic rings. The number of hydrogen-bond acceptors (Lipinski definition) is 4. The molecule has 2 saturated heterocycles. The van der Waals surface area contributed by atoms with Gasteiger partial charge in [0.05, 0.1) is 6.54 Å². The Kier molecular flexibility index (Phi) is 6.18. The Labute approximate surface area is 131 Å². The largest absolute Gasteiger partial charge is 0.356 e. The lowest BCUT2D eigenvalue weighted by molar-refractivity contribution is -0.125. The highest BCUT2D eigenvalue weighted by molar-refractivity contribution is 6.01. The Morgan fingerprint density at radius 2 is 2.09 bits per heavy atom. The topological polar surface area (TPSA) is 90.5 Å². The first kappa shape index (κ1) is 16.7. The second-order valence-electron chi connectivity index (χ2n) is 6.18. The number of imide groups is 1.